The lowest BCUT2D eigenvalue weighted by Gasteiger charge is -2.11. The Morgan fingerprint density at radius 3 is 2.75 bits per heavy atom. The van der Waals surface area contributed by atoms with Crippen molar-refractivity contribution in [3.63, 3.8) is 0 Å². The van der Waals surface area contributed by atoms with Crippen LogP contribution in [0, 0.1) is 0 Å². The van der Waals surface area contributed by atoms with E-state index in [1.165, 1.54) is 16.2 Å². The molecule has 1 heterocycles. The smallest absolute Gasteiger partial charge is 0.341 e. The zero-order valence-corrected chi connectivity index (χ0v) is 12.9. The number of nitrogens with zero attached hydrogens (tertiary/aromatic N) is 1. The van der Waals surface area contributed by atoms with Crippen molar-refractivity contribution < 1.29 is 14.3 Å². The van der Waals surface area contributed by atoms with Gasteiger partial charge in [0.15, 0.2) is 0 Å². The molecule has 0 atom stereocenters. The number of anilines is 1. The Balaban J connectivity index is 2.24. The molecule has 110 valence electrons. The summed E-state index contributed by atoms with van der Waals surface area (Å²) in [7, 11) is 3.67. The highest BCUT2D eigenvalue weighted by Gasteiger charge is 2.28. The minimum atomic E-state index is -0.327. The summed E-state index contributed by atoms with van der Waals surface area (Å²) < 4.78 is 5.12. The SMILES string of the molecule is CCOC(=O)c1c(NC(=O)CN(C)C)sc2c1CCC2. The van der Waals surface area contributed by atoms with Gasteiger partial charge in [0, 0.05) is 4.88 Å². The molecule has 1 aliphatic carbocycles. The van der Waals surface area contributed by atoms with Crippen molar-refractivity contribution in [2.45, 2.75) is 26.2 Å². The fourth-order valence-corrected chi connectivity index (χ4v) is 3.66. The number of likely N-dealkylation sites (N-methyl/N-ethyl adjacent to an activating group) is 1. The van der Waals surface area contributed by atoms with Gasteiger partial charge in [0.05, 0.1) is 18.7 Å². The van der Waals surface area contributed by atoms with Crippen molar-refractivity contribution in [3.8, 4) is 0 Å². The van der Waals surface area contributed by atoms with Crippen LogP contribution < -0.4 is 5.32 Å². The zero-order valence-electron chi connectivity index (χ0n) is 12.1. The average molecular weight is 296 g/mol. The molecule has 0 radical (unpaired) electrons. The van der Waals surface area contributed by atoms with Crippen LogP contribution in [-0.4, -0.2) is 44.0 Å². The number of esters is 1. The Bertz CT molecular complexity index is 523. The van der Waals surface area contributed by atoms with Gasteiger partial charge in [-0.15, -0.1) is 11.3 Å². The lowest BCUT2D eigenvalue weighted by molar-refractivity contribution is -0.116. The zero-order chi connectivity index (χ0) is 14.7. The van der Waals surface area contributed by atoms with Crippen molar-refractivity contribution in [2.24, 2.45) is 0 Å². The Hall–Kier alpha value is -1.40. The monoisotopic (exact) mass is 296 g/mol. The molecule has 0 aliphatic heterocycles. The van der Waals surface area contributed by atoms with Crippen LogP contribution in [0.25, 0.3) is 0 Å². The molecule has 5 nitrogen and oxygen atoms in total. The second-order valence-corrected chi connectivity index (χ2v) is 6.17. The molecule has 0 saturated heterocycles. The Morgan fingerprint density at radius 1 is 1.35 bits per heavy atom. The molecule has 2 rings (SSSR count). The van der Waals surface area contributed by atoms with Gasteiger partial charge >= 0.3 is 5.97 Å². The van der Waals surface area contributed by atoms with Gasteiger partial charge in [-0.25, -0.2) is 4.79 Å². The average Bonchev–Trinajstić information content (AvgIpc) is 2.87. The molecule has 0 unspecified atom stereocenters. The van der Waals surface area contributed by atoms with E-state index in [1.54, 1.807) is 11.8 Å². The number of aryl methyl sites for hydroxylation is 1. The molecule has 0 saturated carbocycles. The number of ether oxygens (including phenoxy) is 1. The fraction of sp³-hybridized carbons (Fsp3) is 0.571. The minimum Gasteiger partial charge on any atom is -0.462 e. The third kappa shape index (κ3) is 3.19. The molecule has 1 aromatic heterocycles. The van der Waals surface area contributed by atoms with Crippen molar-refractivity contribution in [3.05, 3.63) is 16.0 Å². The number of carbonyl (C=O) groups is 2. The highest BCUT2D eigenvalue weighted by atomic mass is 32.1. The Kier molecular flexibility index (Phi) is 4.77. The van der Waals surface area contributed by atoms with Crippen molar-refractivity contribution in [1.82, 2.24) is 4.90 Å². The molecule has 20 heavy (non-hydrogen) atoms. The Labute approximate surface area is 122 Å². The van der Waals surface area contributed by atoms with E-state index in [0.29, 0.717) is 23.7 Å². The number of amides is 1. The number of rotatable bonds is 5. The largest absolute Gasteiger partial charge is 0.462 e. The van der Waals surface area contributed by atoms with E-state index in [4.69, 9.17) is 4.74 Å². The maximum absolute atomic E-state index is 12.1. The van der Waals surface area contributed by atoms with Gasteiger partial charge in [0.25, 0.3) is 0 Å². The van der Waals surface area contributed by atoms with Crippen LogP contribution in [0.2, 0.25) is 0 Å². The van der Waals surface area contributed by atoms with E-state index >= 15 is 0 Å². The normalized spacial score (nSPS) is 13.4. The number of carbonyl (C=O) groups excluding carboxylic acids is 2. The van der Waals surface area contributed by atoms with Crippen LogP contribution in [0.3, 0.4) is 0 Å². The maximum atomic E-state index is 12.1. The first-order valence-electron chi connectivity index (χ1n) is 6.79. The molecular weight excluding hydrogens is 276 g/mol. The maximum Gasteiger partial charge on any atom is 0.341 e. The molecule has 1 aromatic rings. The summed E-state index contributed by atoms with van der Waals surface area (Å²) in [5.41, 5.74) is 1.63. The molecule has 6 heteroatoms. The minimum absolute atomic E-state index is 0.111. The predicted molar refractivity (Wildman–Crippen MR) is 79.5 cm³/mol. The number of hydrogen-bond acceptors (Lipinski definition) is 5. The molecule has 0 bridgehead atoms. The Morgan fingerprint density at radius 2 is 2.10 bits per heavy atom. The number of fused-ring (bicyclic) bond motifs is 1. The highest BCUT2D eigenvalue weighted by Crippen LogP contribution is 2.39. The van der Waals surface area contributed by atoms with E-state index in [9.17, 15) is 9.59 Å². The van der Waals surface area contributed by atoms with Crippen LogP contribution >= 0.6 is 11.3 Å². The van der Waals surface area contributed by atoms with E-state index in [2.05, 4.69) is 5.32 Å². The summed E-state index contributed by atoms with van der Waals surface area (Å²) in [5.74, 6) is -0.437. The lowest BCUT2D eigenvalue weighted by Crippen LogP contribution is -2.27. The van der Waals surface area contributed by atoms with Crippen molar-refractivity contribution in [1.29, 1.82) is 0 Å². The second-order valence-electron chi connectivity index (χ2n) is 5.07. The summed E-state index contributed by atoms with van der Waals surface area (Å²) >= 11 is 1.51. The molecule has 0 aromatic carbocycles. The van der Waals surface area contributed by atoms with E-state index < -0.39 is 0 Å². The molecule has 1 N–H and O–H groups in total. The van der Waals surface area contributed by atoms with Crippen LogP contribution in [0.5, 0.6) is 0 Å². The standard InChI is InChI=1S/C14H20N2O3S/c1-4-19-14(18)12-9-6-5-7-10(9)20-13(12)15-11(17)8-16(2)3/h4-8H2,1-3H3,(H,15,17). The van der Waals surface area contributed by atoms with E-state index in [-0.39, 0.29) is 11.9 Å². The first kappa shape index (κ1) is 15.0. The summed E-state index contributed by atoms with van der Waals surface area (Å²) in [4.78, 5) is 27.0. The van der Waals surface area contributed by atoms with Crippen LogP contribution in [0.15, 0.2) is 0 Å². The second kappa shape index (κ2) is 6.37. The number of thiophene rings is 1. The third-order valence-corrected chi connectivity index (χ3v) is 4.32. The highest BCUT2D eigenvalue weighted by molar-refractivity contribution is 7.17. The van der Waals surface area contributed by atoms with E-state index in [1.807, 2.05) is 14.1 Å². The number of hydrogen-bond donors (Lipinski definition) is 1. The number of nitrogens with one attached hydrogen (secondary N) is 1. The lowest BCUT2D eigenvalue weighted by atomic mass is 10.1. The summed E-state index contributed by atoms with van der Waals surface area (Å²) in [6.07, 6.45) is 2.94. The molecule has 0 spiro atoms. The van der Waals surface area contributed by atoms with Gasteiger partial charge in [-0.3, -0.25) is 4.79 Å². The first-order valence-corrected chi connectivity index (χ1v) is 7.60. The molecular formula is C14H20N2O3S. The molecule has 0 fully saturated rings. The quantitative estimate of drug-likeness (QED) is 0.843. The van der Waals surface area contributed by atoms with Gasteiger partial charge in [0.1, 0.15) is 5.00 Å². The third-order valence-electron chi connectivity index (χ3n) is 3.11. The summed E-state index contributed by atoms with van der Waals surface area (Å²) in [6.45, 7) is 2.42. The van der Waals surface area contributed by atoms with Gasteiger partial charge in [0.2, 0.25) is 5.91 Å². The topological polar surface area (TPSA) is 58.6 Å². The predicted octanol–water partition coefficient (Wildman–Crippen LogP) is 1.91. The van der Waals surface area contributed by atoms with Crippen LogP contribution in [-0.2, 0) is 22.4 Å². The van der Waals surface area contributed by atoms with E-state index in [0.717, 1.165) is 24.8 Å². The van der Waals surface area contributed by atoms with Crippen molar-refractivity contribution >= 4 is 28.2 Å². The van der Waals surface area contributed by atoms with Crippen molar-refractivity contribution in [2.75, 3.05) is 32.6 Å². The summed E-state index contributed by atoms with van der Waals surface area (Å²) in [5, 5.41) is 3.49. The molecule has 1 amide bonds. The first-order chi connectivity index (χ1) is 9.52. The van der Waals surface area contributed by atoms with Gasteiger partial charge in [-0.2, -0.15) is 0 Å². The van der Waals surface area contributed by atoms with Gasteiger partial charge in [-0.1, -0.05) is 0 Å². The van der Waals surface area contributed by atoms with Crippen LogP contribution in [0.1, 0.15) is 34.1 Å². The summed E-state index contributed by atoms with van der Waals surface area (Å²) in [6, 6.07) is 0. The fourth-order valence-electron chi connectivity index (χ4n) is 2.36. The van der Waals surface area contributed by atoms with Gasteiger partial charge < -0.3 is 15.0 Å². The van der Waals surface area contributed by atoms with Crippen LogP contribution in [0.4, 0.5) is 5.00 Å². The van der Waals surface area contributed by atoms with Gasteiger partial charge in [-0.05, 0) is 45.8 Å². The molecule has 1 aliphatic rings.